The van der Waals surface area contributed by atoms with Crippen LogP contribution in [0.4, 0.5) is 4.39 Å². The zero-order valence-electron chi connectivity index (χ0n) is 10.4. The molecule has 2 aromatic carbocycles. The molecule has 0 aliphatic carbocycles. The van der Waals surface area contributed by atoms with Crippen LogP contribution in [0, 0.1) is 12.7 Å². The van der Waals surface area contributed by atoms with Gasteiger partial charge in [-0.05, 0) is 54.4 Å². The Hall–Kier alpha value is -1.38. The minimum Gasteiger partial charge on any atom is -0.316 e. The van der Waals surface area contributed by atoms with Crippen molar-refractivity contribution in [3.05, 3.63) is 58.4 Å². The van der Waals surface area contributed by atoms with E-state index in [1.54, 1.807) is 12.1 Å². The van der Waals surface area contributed by atoms with Crippen molar-refractivity contribution >= 4 is 11.6 Å². The Morgan fingerprint density at radius 2 is 1.94 bits per heavy atom. The molecule has 2 rings (SSSR count). The monoisotopic (exact) mass is 263 g/mol. The normalized spacial score (nSPS) is 10.7. The van der Waals surface area contributed by atoms with Crippen molar-refractivity contribution in [2.24, 2.45) is 0 Å². The van der Waals surface area contributed by atoms with Crippen LogP contribution in [-0.4, -0.2) is 7.05 Å². The topological polar surface area (TPSA) is 12.0 Å². The molecular weight excluding hydrogens is 249 g/mol. The van der Waals surface area contributed by atoms with Crippen LogP contribution in [0.1, 0.15) is 11.1 Å². The first-order valence-corrected chi connectivity index (χ1v) is 6.19. The van der Waals surface area contributed by atoms with E-state index >= 15 is 0 Å². The van der Waals surface area contributed by atoms with Gasteiger partial charge < -0.3 is 5.32 Å². The van der Waals surface area contributed by atoms with Crippen LogP contribution in [-0.2, 0) is 6.54 Å². The molecule has 1 N–H and O–H groups in total. The van der Waals surface area contributed by atoms with Gasteiger partial charge in [-0.2, -0.15) is 0 Å². The highest BCUT2D eigenvalue weighted by Gasteiger charge is 2.06. The molecule has 0 unspecified atom stereocenters. The molecule has 0 saturated heterocycles. The standard InChI is InChI=1S/C15H15ClFN/c1-10-3-6-13(17)8-14(10)11-4-5-12(9-18-2)15(16)7-11/h3-8,18H,9H2,1-2H3. The first-order chi connectivity index (χ1) is 8.61. The molecule has 0 atom stereocenters. The number of aryl methyl sites for hydroxylation is 1. The molecule has 1 nitrogen and oxygen atoms in total. The van der Waals surface area contributed by atoms with E-state index in [1.165, 1.54) is 6.07 Å². The van der Waals surface area contributed by atoms with Crippen molar-refractivity contribution in [1.82, 2.24) is 5.32 Å². The summed E-state index contributed by atoms with van der Waals surface area (Å²) >= 11 is 6.22. The Kier molecular flexibility index (Phi) is 4.00. The highest BCUT2D eigenvalue weighted by Crippen LogP contribution is 2.28. The van der Waals surface area contributed by atoms with Crippen LogP contribution < -0.4 is 5.32 Å². The zero-order chi connectivity index (χ0) is 13.1. The summed E-state index contributed by atoms with van der Waals surface area (Å²) in [6, 6.07) is 10.6. The van der Waals surface area contributed by atoms with Gasteiger partial charge in [-0.3, -0.25) is 0 Å². The molecule has 0 aromatic heterocycles. The molecular formula is C15H15ClFN. The third kappa shape index (κ3) is 2.71. The highest BCUT2D eigenvalue weighted by molar-refractivity contribution is 6.31. The number of benzene rings is 2. The Morgan fingerprint density at radius 1 is 1.17 bits per heavy atom. The smallest absolute Gasteiger partial charge is 0.123 e. The van der Waals surface area contributed by atoms with Crippen LogP contribution >= 0.6 is 11.6 Å². The predicted molar refractivity (Wildman–Crippen MR) is 74.3 cm³/mol. The maximum absolute atomic E-state index is 13.3. The number of halogens is 2. The first-order valence-electron chi connectivity index (χ1n) is 5.81. The molecule has 3 heteroatoms. The molecule has 0 fully saturated rings. The summed E-state index contributed by atoms with van der Waals surface area (Å²) in [6.45, 7) is 2.69. The van der Waals surface area contributed by atoms with Crippen LogP contribution in [0.5, 0.6) is 0 Å². The van der Waals surface area contributed by atoms with Gasteiger partial charge in [0.15, 0.2) is 0 Å². The number of hydrogen-bond acceptors (Lipinski definition) is 1. The van der Waals surface area contributed by atoms with E-state index in [4.69, 9.17) is 11.6 Å². The van der Waals surface area contributed by atoms with Crippen molar-refractivity contribution in [3.63, 3.8) is 0 Å². The lowest BCUT2D eigenvalue weighted by Gasteiger charge is -2.09. The summed E-state index contributed by atoms with van der Waals surface area (Å²) in [6.07, 6.45) is 0. The van der Waals surface area contributed by atoms with Crippen molar-refractivity contribution in [2.75, 3.05) is 7.05 Å². The van der Waals surface area contributed by atoms with E-state index in [1.807, 2.05) is 32.2 Å². The average Bonchev–Trinajstić information content (AvgIpc) is 2.35. The predicted octanol–water partition coefficient (Wildman–Crippen LogP) is 4.17. The van der Waals surface area contributed by atoms with Gasteiger partial charge in [0, 0.05) is 11.6 Å². The van der Waals surface area contributed by atoms with Crippen molar-refractivity contribution in [3.8, 4) is 11.1 Å². The SMILES string of the molecule is CNCc1ccc(-c2cc(F)ccc2C)cc1Cl. The van der Waals surface area contributed by atoms with Crippen LogP contribution in [0.25, 0.3) is 11.1 Å². The van der Waals surface area contributed by atoms with Crippen molar-refractivity contribution in [2.45, 2.75) is 13.5 Å². The quantitative estimate of drug-likeness (QED) is 0.876. The van der Waals surface area contributed by atoms with E-state index in [0.29, 0.717) is 5.02 Å². The Morgan fingerprint density at radius 3 is 2.61 bits per heavy atom. The van der Waals surface area contributed by atoms with E-state index in [0.717, 1.165) is 28.8 Å². The number of hydrogen-bond donors (Lipinski definition) is 1. The van der Waals surface area contributed by atoms with E-state index < -0.39 is 0 Å². The Balaban J connectivity index is 2.45. The minimum absolute atomic E-state index is 0.231. The second-order valence-corrected chi connectivity index (χ2v) is 4.70. The summed E-state index contributed by atoms with van der Waals surface area (Å²) in [4.78, 5) is 0. The van der Waals surface area contributed by atoms with Crippen LogP contribution in [0.3, 0.4) is 0 Å². The maximum atomic E-state index is 13.3. The van der Waals surface area contributed by atoms with Crippen LogP contribution in [0.2, 0.25) is 5.02 Å². The lowest BCUT2D eigenvalue weighted by atomic mass is 9.99. The zero-order valence-corrected chi connectivity index (χ0v) is 11.2. The number of rotatable bonds is 3. The third-order valence-corrected chi connectivity index (χ3v) is 3.28. The van der Waals surface area contributed by atoms with Crippen LogP contribution in [0.15, 0.2) is 36.4 Å². The molecule has 0 saturated carbocycles. The molecule has 0 aliphatic heterocycles. The van der Waals surface area contributed by atoms with Gasteiger partial charge in [0.05, 0.1) is 0 Å². The second-order valence-electron chi connectivity index (χ2n) is 4.30. The lowest BCUT2D eigenvalue weighted by Crippen LogP contribution is -2.05. The minimum atomic E-state index is -0.231. The fourth-order valence-electron chi connectivity index (χ4n) is 1.95. The van der Waals surface area contributed by atoms with Gasteiger partial charge in [0.2, 0.25) is 0 Å². The fraction of sp³-hybridized carbons (Fsp3) is 0.200. The van der Waals surface area contributed by atoms with Crippen molar-refractivity contribution in [1.29, 1.82) is 0 Å². The molecule has 0 radical (unpaired) electrons. The second kappa shape index (κ2) is 5.51. The molecule has 0 bridgehead atoms. The summed E-state index contributed by atoms with van der Waals surface area (Å²) in [5.74, 6) is -0.231. The van der Waals surface area contributed by atoms with Gasteiger partial charge in [-0.1, -0.05) is 29.8 Å². The van der Waals surface area contributed by atoms with Gasteiger partial charge in [-0.25, -0.2) is 4.39 Å². The van der Waals surface area contributed by atoms with Gasteiger partial charge in [0.1, 0.15) is 5.82 Å². The third-order valence-electron chi connectivity index (χ3n) is 2.93. The van der Waals surface area contributed by atoms with Gasteiger partial charge >= 0.3 is 0 Å². The molecule has 0 amide bonds. The summed E-state index contributed by atoms with van der Waals surface area (Å²) in [5, 5.41) is 3.76. The Bertz CT molecular complexity index is 566. The summed E-state index contributed by atoms with van der Waals surface area (Å²) in [5.41, 5.74) is 3.90. The first kappa shape index (κ1) is 13.1. The summed E-state index contributed by atoms with van der Waals surface area (Å²) < 4.78 is 13.3. The average molecular weight is 264 g/mol. The molecule has 94 valence electrons. The van der Waals surface area contributed by atoms with E-state index in [2.05, 4.69) is 5.32 Å². The molecule has 2 aromatic rings. The molecule has 0 aliphatic rings. The maximum Gasteiger partial charge on any atom is 0.123 e. The summed E-state index contributed by atoms with van der Waals surface area (Å²) in [7, 11) is 1.88. The van der Waals surface area contributed by atoms with Gasteiger partial charge in [0.25, 0.3) is 0 Å². The van der Waals surface area contributed by atoms with Gasteiger partial charge in [-0.15, -0.1) is 0 Å². The van der Waals surface area contributed by atoms with E-state index in [9.17, 15) is 4.39 Å². The van der Waals surface area contributed by atoms with Crippen molar-refractivity contribution < 1.29 is 4.39 Å². The lowest BCUT2D eigenvalue weighted by molar-refractivity contribution is 0.628. The molecule has 18 heavy (non-hydrogen) atoms. The fourth-order valence-corrected chi connectivity index (χ4v) is 2.20. The largest absolute Gasteiger partial charge is 0.316 e. The van der Waals surface area contributed by atoms with E-state index in [-0.39, 0.29) is 5.82 Å². The molecule has 0 spiro atoms. The number of nitrogens with one attached hydrogen (secondary N) is 1. The highest BCUT2D eigenvalue weighted by atomic mass is 35.5. The Labute approximate surface area is 112 Å². The molecule has 0 heterocycles.